The van der Waals surface area contributed by atoms with Crippen LogP contribution in [0.25, 0.3) is 0 Å². The molecule has 0 saturated heterocycles. The topological polar surface area (TPSA) is 29.4 Å². The molecule has 1 heterocycles. The molecule has 1 aromatic rings. The highest BCUT2D eigenvalue weighted by molar-refractivity contribution is 9.11. The number of hydrogen-bond acceptors (Lipinski definition) is 2. The molecular weight excluding hydrogens is 330 g/mol. The highest BCUT2D eigenvalue weighted by Gasteiger charge is 2.19. The van der Waals surface area contributed by atoms with Crippen molar-refractivity contribution in [2.75, 3.05) is 0 Å². The molecule has 0 aliphatic carbocycles. The summed E-state index contributed by atoms with van der Waals surface area (Å²) in [5, 5.41) is 0.663. The summed E-state index contributed by atoms with van der Waals surface area (Å²) in [5.41, 5.74) is 0.755. The molecule has 0 radical (unpaired) electrons. The summed E-state index contributed by atoms with van der Waals surface area (Å²) in [4.78, 5) is 0.939. The van der Waals surface area contributed by atoms with Crippen LogP contribution in [0.3, 0.4) is 0 Å². The van der Waals surface area contributed by atoms with Crippen LogP contribution in [0.5, 0.6) is 0 Å². The smallest absolute Gasteiger partial charge is 0.145 e. The molecule has 0 amide bonds. The second kappa shape index (κ2) is 5.29. The lowest BCUT2D eigenvalue weighted by Gasteiger charge is -2.13. The fraction of sp³-hybridized carbons (Fsp3) is 0.500. The van der Waals surface area contributed by atoms with Gasteiger partial charge in [-0.05, 0) is 49.7 Å². The second-order valence-corrected chi connectivity index (χ2v) is 8.95. The van der Waals surface area contributed by atoms with Crippen LogP contribution in [0.2, 0.25) is 5.02 Å². The minimum absolute atomic E-state index is 0.334. The summed E-state index contributed by atoms with van der Waals surface area (Å²) >= 11 is 10.8. The number of thiophene rings is 1. The van der Waals surface area contributed by atoms with E-state index in [-0.39, 0.29) is 4.75 Å². The van der Waals surface area contributed by atoms with Gasteiger partial charge in [0.15, 0.2) is 0 Å². The van der Waals surface area contributed by atoms with Gasteiger partial charge in [-0.3, -0.25) is 0 Å². The molecule has 0 saturated carbocycles. The maximum Gasteiger partial charge on any atom is 0.145 e. The Labute approximate surface area is 116 Å². The van der Waals surface area contributed by atoms with Crippen LogP contribution >= 0.6 is 38.9 Å². The van der Waals surface area contributed by atoms with Crippen LogP contribution in [0.15, 0.2) is 14.3 Å². The molecule has 1 unspecified atom stereocenters. The van der Waals surface area contributed by atoms with Crippen molar-refractivity contribution in [3.63, 3.8) is 0 Å². The predicted octanol–water partition coefficient (Wildman–Crippen LogP) is 4.44. The van der Waals surface area contributed by atoms with Gasteiger partial charge in [0.05, 0.1) is 24.1 Å². The van der Waals surface area contributed by atoms with Crippen molar-refractivity contribution in [1.82, 2.24) is 0 Å². The third-order valence-corrected chi connectivity index (χ3v) is 5.82. The van der Waals surface area contributed by atoms with E-state index in [1.54, 1.807) is 0 Å². The molecule has 1 atom stereocenters. The summed E-state index contributed by atoms with van der Waals surface area (Å²) in [6, 6.07) is 1.83. The van der Waals surface area contributed by atoms with Gasteiger partial charge in [-0.15, -0.1) is 11.3 Å². The van der Waals surface area contributed by atoms with Crippen molar-refractivity contribution < 1.29 is 4.21 Å². The largest absolute Gasteiger partial charge is 0.234 e. The maximum absolute atomic E-state index is 11.8. The first-order chi connectivity index (χ1) is 7.21. The molecule has 0 spiro atoms. The summed E-state index contributed by atoms with van der Waals surface area (Å²) in [5.74, 6) is 0. The first kappa shape index (κ1) is 14.4. The number of nitrogens with zero attached hydrogens (tertiary/aromatic N) is 1. The summed E-state index contributed by atoms with van der Waals surface area (Å²) in [7, 11) is -1.23. The summed E-state index contributed by atoms with van der Waals surface area (Å²) in [6.45, 7) is 7.55. The molecule has 0 aliphatic heterocycles. The van der Waals surface area contributed by atoms with Gasteiger partial charge >= 0.3 is 0 Å². The Morgan fingerprint density at radius 2 is 2.12 bits per heavy atom. The van der Waals surface area contributed by atoms with Crippen molar-refractivity contribution in [1.29, 1.82) is 0 Å². The molecule has 0 N–H and O–H groups in total. The quantitative estimate of drug-likeness (QED) is 0.731. The molecule has 1 rings (SSSR count). The molecule has 6 heteroatoms. The number of hydrogen-bond donors (Lipinski definition) is 0. The number of halogens is 2. The van der Waals surface area contributed by atoms with Crippen molar-refractivity contribution in [2.45, 2.75) is 32.4 Å². The normalized spacial score (nSPS) is 15.2. The summed E-state index contributed by atoms with van der Waals surface area (Å²) in [6.07, 6.45) is 0. The Morgan fingerprint density at radius 3 is 2.50 bits per heavy atom. The third-order valence-electron chi connectivity index (χ3n) is 1.75. The lowest BCUT2D eigenvalue weighted by molar-refractivity contribution is 0.650. The van der Waals surface area contributed by atoms with Crippen LogP contribution in [0.4, 0.5) is 0 Å². The summed E-state index contributed by atoms with van der Waals surface area (Å²) < 4.78 is 16.6. The van der Waals surface area contributed by atoms with E-state index in [1.165, 1.54) is 11.3 Å². The van der Waals surface area contributed by atoms with Crippen LogP contribution in [-0.4, -0.2) is 14.7 Å². The third kappa shape index (κ3) is 3.65. The van der Waals surface area contributed by atoms with Crippen LogP contribution < -0.4 is 0 Å². The second-order valence-electron chi connectivity index (χ2n) is 4.27. The fourth-order valence-electron chi connectivity index (χ4n) is 0.831. The van der Waals surface area contributed by atoms with Gasteiger partial charge in [0.25, 0.3) is 0 Å². The van der Waals surface area contributed by atoms with Gasteiger partial charge < -0.3 is 0 Å². The van der Waals surface area contributed by atoms with E-state index in [0.717, 1.165) is 14.4 Å². The Balaban J connectivity index is 2.98. The van der Waals surface area contributed by atoms with E-state index in [2.05, 4.69) is 20.3 Å². The van der Waals surface area contributed by atoms with E-state index in [0.29, 0.717) is 5.02 Å². The zero-order chi connectivity index (χ0) is 12.5. The van der Waals surface area contributed by atoms with Crippen LogP contribution in [-0.2, 0) is 11.0 Å². The van der Waals surface area contributed by atoms with E-state index < -0.39 is 11.0 Å². The van der Waals surface area contributed by atoms with E-state index in [1.807, 2.05) is 33.8 Å². The Bertz CT molecular complexity index is 429. The van der Waals surface area contributed by atoms with Crippen LogP contribution in [0.1, 0.15) is 32.6 Å². The monoisotopic (exact) mass is 341 g/mol. The molecule has 0 bridgehead atoms. The Kier molecular flexibility index (Phi) is 4.75. The van der Waals surface area contributed by atoms with Gasteiger partial charge in [-0.1, -0.05) is 11.6 Å². The standard InChI is InChI=1S/C10H13BrClNOS2/c1-6(13-16(14)10(2,3)4)8-5-7(12)9(11)15-8/h5H,1-4H3. The van der Waals surface area contributed by atoms with E-state index in [4.69, 9.17) is 11.6 Å². The van der Waals surface area contributed by atoms with Crippen molar-refractivity contribution in [3.05, 3.63) is 19.8 Å². The zero-order valence-electron chi connectivity index (χ0n) is 9.51. The molecule has 0 aliphatic rings. The van der Waals surface area contributed by atoms with Gasteiger partial charge in [-0.25, -0.2) is 4.21 Å². The number of rotatable bonds is 2. The van der Waals surface area contributed by atoms with Crippen molar-refractivity contribution >= 4 is 55.6 Å². The molecule has 16 heavy (non-hydrogen) atoms. The molecule has 90 valence electrons. The molecule has 2 nitrogen and oxygen atoms in total. The van der Waals surface area contributed by atoms with Gasteiger partial charge in [0.2, 0.25) is 0 Å². The Hall–Kier alpha value is 0.290. The van der Waals surface area contributed by atoms with E-state index >= 15 is 0 Å². The van der Waals surface area contributed by atoms with Gasteiger partial charge in [-0.2, -0.15) is 4.40 Å². The average molecular weight is 343 g/mol. The van der Waals surface area contributed by atoms with Crippen LogP contribution in [0, 0.1) is 0 Å². The first-order valence-electron chi connectivity index (χ1n) is 4.64. The maximum atomic E-state index is 11.8. The van der Waals surface area contributed by atoms with Gasteiger partial charge in [0.1, 0.15) is 11.0 Å². The molecule has 1 aromatic heterocycles. The minimum Gasteiger partial charge on any atom is -0.234 e. The highest BCUT2D eigenvalue weighted by atomic mass is 79.9. The molecular formula is C10H13BrClNOS2. The lowest BCUT2D eigenvalue weighted by atomic mass is 10.3. The molecule has 0 fully saturated rings. The highest BCUT2D eigenvalue weighted by Crippen LogP contribution is 2.32. The minimum atomic E-state index is -1.23. The first-order valence-corrected chi connectivity index (χ1v) is 7.73. The average Bonchev–Trinajstić information content (AvgIpc) is 2.45. The predicted molar refractivity (Wildman–Crippen MR) is 77.1 cm³/mol. The van der Waals surface area contributed by atoms with Crippen molar-refractivity contribution in [3.8, 4) is 0 Å². The SMILES string of the molecule is CC(=NS(=O)C(C)(C)C)c1cc(Cl)c(Br)s1. The molecule has 0 aromatic carbocycles. The zero-order valence-corrected chi connectivity index (χ0v) is 13.5. The fourth-order valence-corrected chi connectivity index (χ4v) is 3.16. The van der Waals surface area contributed by atoms with Gasteiger partial charge in [0, 0.05) is 0 Å². The van der Waals surface area contributed by atoms with E-state index in [9.17, 15) is 4.21 Å². The van der Waals surface area contributed by atoms with Crippen molar-refractivity contribution in [2.24, 2.45) is 4.40 Å². The Morgan fingerprint density at radius 1 is 1.56 bits per heavy atom. The lowest BCUT2D eigenvalue weighted by Crippen LogP contribution is -2.20.